The average Bonchev–Trinajstić information content (AvgIpc) is 3.01. The molecule has 2 aromatic carbocycles. The van der Waals surface area contributed by atoms with Gasteiger partial charge in [-0.3, -0.25) is 24.1 Å². The second-order valence-electron chi connectivity index (χ2n) is 6.60. The number of nitrogens with one attached hydrogen (secondary N) is 2. The second-order valence-corrected chi connectivity index (χ2v) is 7.53. The Balaban J connectivity index is 1.44. The van der Waals surface area contributed by atoms with Crippen LogP contribution in [0.15, 0.2) is 48.5 Å². The minimum absolute atomic E-state index is 0.146. The third-order valence-corrected chi connectivity index (χ3v) is 5.30. The molecular weight excluding hydrogens is 390 g/mol. The van der Waals surface area contributed by atoms with E-state index in [9.17, 15) is 19.2 Å². The molecule has 0 aromatic heterocycles. The smallest absolute Gasteiger partial charge is 0.289 e. The van der Waals surface area contributed by atoms with Crippen molar-refractivity contribution in [2.24, 2.45) is 0 Å². The van der Waals surface area contributed by atoms with Crippen LogP contribution in [0.2, 0.25) is 0 Å². The number of carbonyl (C=O) groups is 4. The Kier molecular flexibility index (Phi) is 6.66. The maximum Gasteiger partial charge on any atom is 0.289 e. The zero-order chi connectivity index (χ0) is 20.8. The second kappa shape index (κ2) is 9.38. The zero-order valence-corrected chi connectivity index (χ0v) is 16.8. The van der Waals surface area contributed by atoms with Crippen molar-refractivity contribution in [2.75, 3.05) is 17.6 Å². The highest BCUT2D eigenvalue weighted by molar-refractivity contribution is 8.14. The number of thioether (sulfide) groups is 1. The van der Waals surface area contributed by atoms with Gasteiger partial charge in [0.1, 0.15) is 0 Å². The molecule has 0 bridgehead atoms. The van der Waals surface area contributed by atoms with Crippen LogP contribution in [0.5, 0.6) is 0 Å². The lowest BCUT2D eigenvalue weighted by atomic mass is 10.1. The van der Waals surface area contributed by atoms with Crippen molar-refractivity contribution in [1.29, 1.82) is 0 Å². The van der Waals surface area contributed by atoms with Gasteiger partial charge in [-0.2, -0.15) is 0 Å². The van der Waals surface area contributed by atoms with Gasteiger partial charge in [-0.1, -0.05) is 42.1 Å². The van der Waals surface area contributed by atoms with Gasteiger partial charge in [0.15, 0.2) is 0 Å². The van der Waals surface area contributed by atoms with Crippen molar-refractivity contribution in [2.45, 2.75) is 19.9 Å². The molecule has 29 heavy (non-hydrogen) atoms. The zero-order valence-electron chi connectivity index (χ0n) is 15.9. The molecule has 0 aliphatic carbocycles. The lowest BCUT2D eigenvalue weighted by molar-refractivity contribution is -0.125. The molecule has 2 N–H and O–H groups in total. The molecule has 8 heteroatoms. The van der Waals surface area contributed by atoms with Crippen LogP contribution in [-0.2, 0) is 16.1 Å². The summed E-state index contributed by atoms with van der Waals surface area (Å²) in [5, 5.41) is 5.27. The van der Waals surface area contributed by atoms with Gasteiger partial charge >= 0.3 is 0 Å². The maximum atomic E-state index is 12.1. The first kappa shape index (κ1) is 20.6. The molecule has 1 heterocycles. The summed E-state index contributed by atoms with van der Waals surface area (Å²) in [6.07, 6.45) is 0.146. The van der Waals surface area contributed by atoms with E-state index in [0.717, 1.165) is 22.9 Å². The fourth-order valence-electron chi connectivity index (χ4n) is 2.85. The first-order chi connectivity index (χ1) is 13.9. The summed E-state index contributed by atoms with van der Waals surface area (Å²) in [6.45, 7) is 2.32. The molecule has 150 valence electrons. The van der Waals surface area contributed by atoms with Gasteiger partial charge in [0.25, 0.3) is 11.1 Å². The molecule has 1 aliphatic rings. The van der Waals surface area contributed by atoms with E-state index < -0.39 is 0 Å². The van der Waals surface area contributed by atoms with Crippen molar-refractivity contribution in [3.63, 3.8) is 0 Å². The Morgan fingerprint density at radius 3 is 2.45 bits per heavy atom. The van der Waals surface area contributed by atoms with Crippen molar-refractivity contribution >= 4 is 40.4 Å². The van der Waals surface area contributed by atoms with Crippen LogP contribution < -0.4 is 10.6 Å². The molecule has 2 aromatic rings. The molecule has 3 rings (SSSR count). The van der Waals surface area contributed by atoms with Crippen molar-refractivity contribution in [3.05, 3.63) is 65.2 Å². The average molecular weight is 411 g/mol. The van der Waals surface area contributed by atoms with Crippen LogP contribution in [0.3, 0.4) is 0 Å². The molecule has 1 aliphatic heterocycles. The molecule has 0 atom stereocenters. The highest BCUT2D eigenvalue weighted by atomic mass is 32.2. The van der Waals surface area contributed by atoms with E-state index in [4.69, 9.17) is 0 Å². The number of carbonyl (C=O) groups excluding carboxylic acids is 4. The fourth-order valence-corrected chi connectivity index (χ4v) is 3.57. The predicted octanol–water partition coefficient (Wildman–Crippen LogP) is 2.95. The summed E-state index contributed by atoms with van der Waals surface area (Å²) < 4.78 is 0. The standard InChI is InChI=1S/C21H21N3O4S/c1-14-4-2-3-5-17(14)20(27)22-11-10-18(25)23-16-8-6-15(7-9-16)12-24-19(26)13-29-21(24)28/h2-9H,10-13H2,1H3,(H,22,27)(H,23,25). The van der Waals surface area contributed by atoms with E-state index >= 15 is 0 Å². The lowest BCUT2D eigenvalue weighted by Crippen LogP contribution is -2.28. The summed E-state index contributed by atoms with van der Waals surface area (Å²) in [4.78, 5) is 48.7. The fraction of sp³-hybridized carbons (Fsp3) is 0.238. The SMILES string of the molecule is Cc1ccccc1C(=O)NCCC(=O)Nc1ccc(CN2C(=O)CSC2=O)cc1. The highest BCUT2D eigenvalue weighted by Gasteiger charge is 2.29. The molecular formula is C21H21N3O4S. The van der Waals surface area contributed by atoms with E-state index in [2.05, 4.69) is 10.6 Å². The largest absolute Gasteiger partial charge is 0.352 e. The topological polar surface area (TPSA) is 95.6 Å². The quantitative estimate of drug-likeness (QED) is 0.730. The Bertz CT molecular complexity index is 927. The molecule has 1 saturated heterocycles. The molecule has 4 amide bonds. The van der Waals surface area contributed by atoms with Gasteiger partial charge in [0, 0.05) is 24.2 Å². The summed E-state index contributed by atoms with van der Waals surface area (Å²) in [6, 6.07) is 14.2. The molecule has 7 nitrogen and oxygen atoms in total. The molecule has 0 spiro atoms. The number of amides is 4. The van der Waals surface area contributed by atoms with E-state index in [0.29, 0.717) is 11.3 Å². The van der Waals surface area contributed by atoms with E-state index in [-0.39, 0.29) is 48.2 Å². The molecule has 0 radical (unpaired) electrons. The number of hydrogen-bond acceptors (Lipinski definition) is 5. The number of imide groups is 1. The number of aryl methyl sites for hydroxylation is 1. The summed E-state index contributed by atoms with van der Waals surface area (Å²) >= 11 is 1.00. The number of nitrogens with zero attached hydrogens (tertiary/aromatic N) is 1. The minimum atomic E-state index is -0.236. The van der Waals surface area contributed by atoms with Crippen LogP contribution >= 0.6 is 11.8 Å². The normalized spacial score (nSPS) is 13.5. The summed E-state index contributed by atoms with van der Waals surface area (Å²) in [5.41, 5.74) is 2.89. The van der Waals surface area contributed by atoms with Crippen molar-refractivity contribution < 1.29 is 19.2 Å². The third-order valence-electron chi connectivity index (χ3n) is 4.45. The van der Waals surface area contributed by atoms with Gasteiger partial charge in [-0.15, -0.1) is 0 Å². The predicted molar refractivity (Wildman–Crippen MR) is 112 cm³/mol. The Hall–Kier alpha value is -3.13. The number of hydrogen-bond donors (Lipinski definition) is 2. The number of benzene rings is 2. The number of anilines is 1. The molecule has 1 fully saturated rings. The minimum Gasteiger partial charge on any atom is -0.352 e. The lowest BCUT2D eigenvalue weighted by Gasteiger charge is -2.13. The highest BCUT2D eigenvalue weighted by Crippen LogP contribution is 2.21. The maximum absolute atomic E-state index is 12.1. The van der Waals surface area contributed by atoms with Gasteiger partial charge < -0.3 is 10.6 Å². The van der Waals surface area contributed by atoms with Crippen LogP contribution in [-0.4, -0.2) is 40.2 Å². The van der Waals surface area contributed by atoms with E-state index in [1.807, 2.05) is 19.1 Å². The third kappa shape index (κ3) is 5.45. The van der Waals surface area contributed by atoms with Crippen molar-refractivity contribution in [1.82, 2.24) is 10.2 Å². The Morgan fingerprint density at radius 1 is 1.07 bits per heavy atom. The van der Waals surface area contributed by atoms with E-state index in [1.54, 1.807) is 36.4 Å². The van der Waals surface area contributed by atoms with Crippen molar-refractivity contribution in [3.8, 4) is 0 Å². The van der Waals surface area contributed by atoms with E-state index in [1.165, 1.54) is 4.90 Å². The van der Waals surface area contributed by atoms with Gasteiger partial charge in [-0.25, -0.2) is 0 Å². The number of rotatable bonds is 7. The molecule has 0 saturated carbocycles. The Morgan fingerprint density at radius 2 is 1.79 bits per heavy atom. The van der Waals surface area contributed by atoms with Crippen LogP contribution in [0.25, 0.3) is 0 Å². The van der Waals surface area contributed by atoms with Gasteiger partial charge in [0.2, 0.25) is 11.8 Å². The summed E-state index contributed by atoms with van der Waals surface area (Å²) in [7, 11) is 0. The first-order valence-corrected chi connectivity index (χ1v) is 10.1. The monoisotopic (exact) mass is 411 g/mol. The van der Waals surface area contributed by atoms with Crippen LogP contribution in [0, 0.1) is 6.92 Å². The van der Waals surface area contributed by atoms with Gasteiger partial charge in [0.05, 0.1) is 12.3 Å². The van der Waals surface area contributed by atoms with Crippen LogP contribution in [0.4, 0.5) is 10.5 Å². The first-order valence-electron chi connectivity index (χ1n) is 9.14. The van der Waals surface area contributed by atoms with Crippen LogP contribution in [0.1, 0.15) is 27.9 Å². The summed E-state index contributed by atoms with van der Waals surface area (Å²) in [5.74, 6) is -0.424. The Labute approximate surface area is 172 Å². The van der Waals surface area contributed by atoms with Gasteiger partial charge in [-0.05, 0) is 36.2 Å². The molecule has 0 unspecified atom stereocenters.